The third-order valence-corrected chi connectivity index (χ3v) is 5.25. The van der Waals surface area contributed by atoms with Crippen molar-refractivity contribution >= 4 is 40.7 Å². The van der Waals surface area contributed by atoms with Crippen molar-refractivity contribution < 1.29 is 9.59 Å². The standard InChI is InChI=1S/C23H21Cl2N3O2/c1-3-28(14-21(29)27-22-18(24)10-7-11-19(22)25)23(30)17-12-13-20(26-15(17)2)16-8-5-4-6-9-16/h4-13H,3,14H2,1-2H3,(H,27,29). The SMILES string of the molecule is CCN(CC(=O)Nc1c(Cl)cccc1Cl)C(=O)c1ccc(-c2ccccc2)nc1C. The van der Waals surface area contributed by atoms with Gasteiger partial charge < -0.3 is 10.2 Å². The molecule has 1 N–H and O–H groups in total. The molecule has 154 valence electrons. The van der Waals surface area contributed by atoms with Crippen molar-refractivity contribution in [1.82, 2.24) is 9.88 Å². The van der Waals surface area contributed by atoms with Crippen LogP contribution in [0.3, 0.4) is 0 Å². The Kier molecular flexibility index (Phi) is 7.08. The quantitative estimate of drug-likeness (QED) is 0.551. The van der Waals surface area contributed by atoms with Crippen LogP contribution in [0.25, 0.3) is 11.3 Å². The van der Waals surface area contributed by atoms with Gasteiger partial charge in [-0.15, -0.1) is 0 Å². The summed E-state index contributed by atoms with van der Waals surface area (Å²) in [5, 5.41) is 3.35. The second-order valence-corrected chi connectivity index (χ2v) is 7.47. The fourth-order valence-corrected chi connectivity index (χ4v) is 3.52. The molecule has 3 aromatic rings. The number of likely N-dealkylation sites (N-methyl/N-ethyl adjacent to an activating group) is 1. The molecule has 0 bridgehead atoms. The van der Waals surface area contributed by atoms with Crippen LogP contribution in [-0.4, -0.2) is 34.8 Å². The highest BCUT2D eigenvalue weighted by Crippen LogP contribution is 2.29. The molecule has 0 aliphatic rings. The van der Waals surface area contributed by atoms with Crippen molar-refractivity contribution in [1.29, 1.82) is 0 Å². The summed E-state index contributed by atoms with van der Waals surface area (Å²) >= 11 is 12.2. The maximum Gasteiger partial charge on any atom is 0.256 e. The van der Waals surface area contributed by atoms with Gasteiger partial charge in [0.1, 0.15) is 6.54 Å². The van der Waals surface area contributed by atoms with Crippen LogP contribution in [0, 0.1) is 6.92 Å². The zero-order valence-electron chi connectivity index (χ0n) is 16.7. The van der Waals surface area contributed by atoms with Gasteiger partial charge in [0.05, 0.1) is 32.7 Å². The molecule has 0 saturated heterocycles. The molecule has 3 rings (SSSR count). The molecular weight excluding hydrogens is 421 g/mol. The average molecular weight is 442 g/mol. The highest BCUT2D eigenvalue weighted by atomic mass is 35.5. The number of halogens is 2. The van der Waals surface area contributed by atoms with E-state index in [9.17, 15) is 9.59 Å². The van der Waals surface area contributed by atoms with Crippen molar-refractivity contribution in [2.75, 3.05) is 18.4 Å². The number of hydrogen-bond donors (Lipinski definition) is 1. The molecule has 0 unspecified atom stereocenters. The van der Waals surface area contributed by atoms with Crippen LogP contribution in [0.2, 0.25) is 10.0 Å². The Labute approximate surface area is 185 Å². The van der Waals surface area contributed by atoms with Crippen molar-refractivity contribution in [2.24, 2.45) is 0 Å². The van der Waals surface area contributed by atoms with Crippen LogP contribution in [-0.2, 0) is 4.79 Å². The number of aromatic nitrogens is 1. The highest BCUT2D eigenvalue weighted by molar-refractivity contribution is 6.39. The van der Waals surface area contributed by atoms with Gasteiger partial charge in [0.15, 0.2) is 0 Å². The first-order valence-electron chi connectivity index (χ1n) is 9.47. The van der Waals surface area contributed by atoms with Crippen molar-refractivity contribution in [2.45, 2.75) is 13.8 Å². The van der Waals surface area contributed by atoms with E-state index in [0.717, 1.165) is 11.3 Å². The van der Waals surface area contributed by atoms with Gasteiger partial charge in [-0.3, -0.25) is 14.6 Å². The third kappa shape index (κ3) is 4.99. The lowest BCUT2D eigenvalue weighted by Gasteiger charge is -2.21. The summed E-state index contributed by atoms with van der Waals surface area (Å²) in [5.74, 6) is -0.644. The smallest absolute Gasteiger partial charge is 0.256 e. The second-order valence-electron chi connectivity index (χ2n) is 6.66. The Morgan fingerprint density at radius 3 is 2.23 bits per heavy atom. The molecule has 0 saturated carbocycles. The minimum Gasteiger partial charge on any atom is -0.330 e. The summed E-state index contributed by atoms with van der Waals surface area (Å²) in [6.45, 7) is 3.84. The Hall–Kier alpha value is -2.89. The highest BCUT2D eigenvalue weighted by Gasteiger charge is 2.21. The molecule has 30 heavy (non-hydrogen) atoms. The summed E-state index contributed by atoms with van der Waals surface area (Å²) < 4.78 is 0. The predicted octanol–water partition coefficient (Wildman–Crippen LogP) is 5.46. The number of hydrogen-bond acceptors (Lipinski definition) is 3. The Bertz CT molecular complexity index is 1050. The first-order valence-corrected chi connectivity index (χ1v) is 10.2. The zero-order valence-corrected chi connectivity index (χ0v) is 18.2. The molecule has 1 heterocycles. The summed E-state index contributed by atoms with van der Waals surface area (Å²) in [7, 11) is 0. The van der Waals surface area contributed by atoms with Crippen molar-refractivity contribution in [3.05, 3.63) is 82.0 Å². The van der Waals surface area contributed by atoms with E-state index < -0.39 is 0 Å². The van der Waals surface area contributed by atoms with Crippen molar-refractivity contribution in [3.8, 4) is 11.3 Å². The lowest BCUT2D eigenvalue weighted by Crippen LogP contribution is -2.38. The number of benzene rings is 2. The van der Waals surface area contributed by atoms with Gasteiger partial charge in [0, 0.05) is 12.1 Å². The van der Waals surface area contributed by atoms with Crippen LogP contribution in [0.1, 0.15) is 23.0 Å². The van der Waals surface area contributed by atoms with Crippen molar-refractivity contribution in [3.63, 3.8) is 0 Å². The number of carbonyl (C=O) groups excluding carboxylic acids is 2. The summed E-state index contributed by atoms with van der Waals surface area (Å²) in [6.07, 6.45) is 0. The predicted molar refractivity (Wildman–Crippen MR) is 121 cm³/mol. The molecule has 0 atom stereocenters. The number of amides is 2. The lowest BCUT2D eigenvalue weighted by atomic mass is 10.1. The number of aryl methyl sites for hydroxylation is 1. The maximum absolute atomic E-state index is 13.0. The number of carbonyl (C=O) groups is 2. The summed E-state index contributed by atoms with van der Waals surface area (Å²) in [5.41, 5.74) is 3.16. The fourth-order valence-electron chi connectivity index (χ4n) is 3.02. The number of nitrogens with one attached hydrogen (secondary N) is 1. The molecular formula is C23H21Cl2N3O2. The first-order chi connectivity index (χ1) is 14.4. The Balaban J connectivity index is 1.75. The molecule has 0 aliphatic heterocycles. The molecule has 2 aromatic carbocycles. The number of para-hydroxylation sites is 1. The van der Waals surface area contributed by atoms with E-state index in [1.165, 1.54) is 4.90 Å². The number of anilines is 1. The summed E-state index contributed by atoms with van der Waals surface area (Å²) in [6, 6.07) is 18.3. The molecule has 5 nitrogen and oxygen atoms in total. The van der Waals surface area contributed by atoms with Crippen LogP contribution >= 0.6 is 23.2 Å². The Morgan fingerprint density at radius 1 is 0.967 bits per heavy atom. The molecule has 0 spiro atoms. The number of nitrogens with zero attached hydrogens (tertiary/aromatic N) is 2. The lowest BCUT2D eigenvalue weighted by molar-refractivity contribution is -0.116. The van der Waals surface area contributed by atoms with Gasteiger partial charge in [-0.2, -0.15) is 0 Å². The van der Waals surface area contributed by atoms with Gasteiger partial charge >= 0.3 is 0 Å². The number of rotatable bonds is 6. The van der Waals surface area contributed by atoms with Gasteiger partial charge in [-0.05, 0) is 38.1 Å². The fraction of sp³-hybridized carbons (Fsp3) is 0.174. The van der Waals surface area contributed by atoms with E-state index in [2.05, 4.69) is 10.3 Å². The molecule has 0 radical (unpaired) electrons. The molecule has 7 heteroatoms. The molecule has 0 aliphatic carbocycles. The Morgan fingerprint density at radius 2 is 1.63 bits per heavy atom. The van der Waals surface area contributed by atoms with E-state index in [4.69, 9.17) is 23.2 Å². The van der Waals surface area contributed by atoms with E-state index in [-0.39, 0.29) is 18.4 Å². The minimum atomic E-state index is -0.383. The largest absolute Gasteiger partial charge is 0.330 e. The zero-order chi connectivity index (χ0) is 21.7. The third-order valence-electron chi connectivity index (χ3n) is 4.62. The van der Waals surface area contributed by atoms with Crippen LogP contribution in [0.5, 0.6) is 0 Å². The van der Waals surface area contributed by atoms with Gasteiger partial charge in [-0.1, -0.05) is 59.6 Å². The number of pyridine rings is 1. The van der Waals surface area contributed by atoms with E-state index in [1.54, 1.807) is 31.2 Å². The van der Waals surface area contributed by atoms with Gasteiger partial charge in [0.25, 0.3) is 5.91 Å². The minimum absolute atomic E-state index is 0.128. The molecule has 0 fully saturated rings. The topological polar surface area (TPSA) is 62.3 Å². The average Bonchev–Trinajstić information content (AvgIpc) is 2.75. The van der Waals surface area contributed by atoms with E-state index in [0.29, 0.717) is 33.5 Å². The molecule has 1 aromatic heterocycles. The van der Waals surface area contributed by atoms with Crippen LogP contribution in [0.4, 0.5) is 5.69 Å². The van der Waals surface area contributed by atoms with E-state index in [1.807, 2.05) is 43.3 Å². The molecule has 2 amide bonds. The van der Waals surface area contributed by atoms with E-state index >= 15 is 0 Å². The van der Waals surface area contributed by atoms with Gasteiger partial charge in [0.2, 0.25) is 5.91 Å². The second kappa shape index (κ2) is 9.74. The monoisotopic (exact) mass is 441 g/mol. The normalized spacial score (nSPS) is 10.5. The van der Waals surface area contributed by atoms with Crippen LogP contribution < -0.4 is 5.32 Å². The first kappa shape index (κ1) is 21.8. The summed E-state index contributed by atoms with van der Waals surface area (Å²) in [4.78, 5) is 31.5. The van der Waals surface area contributed by atoms with Crippen LogP contribution in [0.15, 0.2) is 60.7 Å². The van der Waals surface area contributed by atoms with Gasteiger partial charge in [-0.25, -0.2) is 0 Å². The maximum atomic E-state index is 13.0.